The molecule has 2 nitrogen and oxygen atoms in total. The van der Waals surface area contributed by atoms with Crippen molar-refractivity contribution in [1.29, 1.82) is 0 Å². The topological polar surface area (TPSA) is 12.5 Å². The van der Waals surface area contributed by atoms with Gasteiger partial charge in [-0.15, -0.1) is 24.8 Å². The van der Waals surface area contributed by atoms with Crippen molar-refractivity contribution in [2.24, 2.45) is 0 Å². The van der Waals surface area contributed by atoms with Crippen LogP contribution in [0.4, 0.5) is 4.39 Å². The van der Waals surface area contributed by atoms with E-state index in [1.165, 1.54) is 12.1 Å². The largest absolute Gasteiger partial charge is 0.490 e. The summed E-state index contributed by atoms with van der Waals surface area (Å²) in [6.45, 7) is 5.50. The van der Waals surface area contributed by atoms with Crippen molar-refractivity contribution in [2.75, 3.05) is 19.6 Å². The summed E-state index contributed by atoms with van der Waals surface area (Å²) in [6.07, 6.45) is 2.41. The second-order valence-corrected chi connectivity index (χ2v) is 4.21. The number of nitrogens with zero attached hydrogens (tertiary/aromatic N) is 1. The Kier molecular flexibility index (Phi) is 8.32. The Labute approximate surface area is 120 Å². The molecule has 2 rings (SSSR count). The van der Waals surface area contributed by atoms with Crippen molar-refractivity contribution in [3.63, 3.8) is 0 Å². The van der Waals surface area contributed by atoms with Gasteiger partial charge < -0.3 is 9.64 Å². The second kappa shape index (κ2) is 8.57. The van der Waals surface area contributed by atoms with Crippen molar-refractivity contribution in [3.05, 3.63) is 30.1 Å². The van der Waals surface area contributed by atoms with Gasteiger partial charge in [0.05, 0.1) is 0 Å². The zero-order valence-corrected chi connectivity index (χ0v) is 12.1. The highest BCUT2D eigenvalue weighted by Crippen LogP contribution is 2.19. The van der Waals surface area contributed by atoms with Gasteiger partial charge >= 0.3 is 0 Å². The van der Waals surface area contributed by atoms with Gasteiger partial charge in [0.1, 0.15) is 17.7 Å². The van der Waals surface area contributed by atoms with E-state index in [2.05, 4.69) is 11.8 Å². The van der Waals surface area contributed by atoms with Crippen LogP contribution < -0.4 is 4.74 Å². The molecule has 5 heteroatoms. The van der Waals surface area contributed by atoms with Crippen LogP contribution in [0.2, 0.25) is 0 Å². The van der Waals surface area contributed by atoms with Crippen molar-refractivity contribution in [3.8, 4) is 5.75 Å². The molecule has 1 aromatic carbocycles. The maximum Gasteiger partial charge on any atom is 0.123 e. The summed E-state index contributed by atoms with van der Waals surface area (Å²) in [5, 5.41) is 0. The first-order valence-electron chi connectivity index (χ1n) is 5.92. The summed E-state index contributed by atoms with van der Waals surface area (Å²) in [4.78, 5) is 2.42. The molecule has 1 aliphatic rings. The van der Waals surface area contributed by atoms with Gasteiger partial charge in [-0.25, -0.2) is 4.39 Å². The van der Waals surface area contributed by atoms with Gasteiger partial charge in [0.25, 0.3) is 0 Å². The summed E-state index contributed by atoms with van der Waals surface area (Å²) in [7, 11) is 0. The number of hydrogen-bond donors (Lipinski definition) is 0. The number of rotatable bonds is 3. The number of piperidine rings is 1. The molecule has 0 atom stereocenters. The molecule has 0 amide bonds. The minimum Gasteiger partial charge on any atom is -0.490 e. The lowest BCUT2D eigenvalue weighted by atomic mass is 10.1. The quantitative estimate of drug-likeness (QED) is 0.846. The third-order valence-electron chi connectivity index (χ3n) is 3.10. The number of ether oxygens (including phenoxy) is 1. The average molecular weight is 296 g/mol. The highest BCUT2D eigenvalue weighted by Gasteiger charge is 2.19. The molecule has 0 N–H and O–H groups in total. The molecule has 104 valence electrons. The molecule has 1 heterocycles. The van der Waals surface area contributed by atoms with Crippen molar-refractivity contribution >= 4 is 24.8 Å². The lowest BCUT2D eigenvalue weighted by molar-refractivity contribution is 0.104. The second-order valence-electron chi connectivity index (χ2n) is 4.21. The van der Waals surface area contributed by atoms with E-state index in [9.17, 15) is 4.39 Å². The highest BCUT2D eigenvalue weighted by molar-refractivity contribution is 5.85. The Bertz CT molecular complexity index is 326. The average Bonchev–Trinajstić information content (AvgIpc) is 2.33. The molecular formula is C13H20Cl2FNO. The summed E-state index contributed by atoms with van der Waals surface area (Å²) in [5.41, 5.74) is 0. The zero-order chi connectivity index (χ0) is 11.4. The summed E-state index contributed by atoms with van der Waals surface area (Å²) in [5.74, 6) is 0.560. The molecule has 0 radical (unpaired) electrons. The lowest BCUT2D eigenvalue weighted by Gasteiger charge is -2.31. The van der Waals surface area contributed by atoms with E-state index in [0.717, 1.165) is 38.2 Å². The summed E-state index contributed by atoms with van der Waals surface area (Å²) in [6, 6.07) is 6.27. The normalized spacial score (nSPS) is 16.6. The Balaban J connectivity index is 0.00000144. The number of benzene rings is 1. The van der Waals surface area contributed by atoms with Crippen LogP contribution in [0.5, 0.6) is 5.75 Å². The van der Waals surface area contributed by atoms with Crippen LogP contribution in [0.15, 0.2) is 24.3 Å². The Morgan fingerprint density at radius 3 is 2.22 bits per heavy atom. The van der Waals surface area contributed by atoms with E-state index in [-0.39, 0.29) is 36.7 Å². The smallest absolute Gasteiger partial charge is 0.123 e. The first-order valence-corrected chi connectivity index (χ1v) is 5.92. The van der Waals surface area contributed by atoms with Crippen LogP contribution in [-0.2, 0) is 0 Å². The number of hydrogen-bond acceptors (Lipinski definition) is 2. The minimum atomic E-state index is -0.215. The maximum absolute atomic E-state index is 12.7. The SMILES string of the molecule is CCN1CCC(Oc2ccc(F)cc2)CC1.Cl.Cl. The first kappa shape index (κ1) is 17.5. The number of halogens is 3. The third-order valence-corrected chi connectivity index (χ3v) is 3.10. The molecule has 0 aromatic heterocycles. The predicted molar refractivity (Wildman–Crippen MR) is 76.7 cm³/mol. The fourth-order valence-electron chi connectivity index (χ4n) is 2.05. The summed E-state index contributed by atoms with van der Waals surface area (Å²) >= 11 is 0. The molecule has 0 aliphatic carbocycles. The predicted octanol–water partition coefficient (Wildman–Crippen LogP) is 3.53. The van der Waals surface area contributed by atoms with Crippen LogP contribution >= 0.6 is 24.8 Å². The molecular weight excluding hydrogens is 276 g/mol. The van der Waals surface area contributed by atoms with Crippen molar-refractivity contribution in [1.82, 2.24) is 4.90 Å². The highest BCUT2D eigenvalue weighted by atomic mass is 35.5. The van der Waals surface area contributed by atoms with E-state index in [1.54, 1.807) is 12.1 Å². The number of likely N-dealkylation sites (tertiary alicyclic amines) is 1. The van der Waals surface area contributed by atoms with Crippen LogP contribution in [0.3, 0.4) is 0 Å². The third kappa shape index (κ3) is 5.01. The van der Waals surface area contributed by atoms with Crippen LogP contribution in [-0.4, -0.2) is 30.6 Å². The van der Waals surface area contributed by atoms with Crippen LogP contribution in [0, 0.1) is 5.82 Å². The first-order chi connectivity index (χ1) is 7.78. The Morgan fingerprint density at radius 2 is 1.72 bits per heavy atom. The van der Waals surface area contributed by atoms with Gasteiger partial charge in [-0.1, -0.05) is 6.92 Å². The van der Waals surface area contributed by atoms with Gasteiger partial charge in [-0.3, -0.25) is 0 Å². The molecule has 0 unspecified atom stereocenters. The molecule has 0 saturated carbocycles. The van der Waals surface area contributed by atoms with Crippen LogP contribution in [0.1, 0.15) is 19.8 Å². The summed E-state index contributed by atoms with van der Waals surface area (Å²) < 4.78 is 18.5. The molecule has 1 saturated heterocycles. The molecule has 1 aromatic rings. The molecule has 1 aliphatic heterocycles. The Morgan fingerprint density at radius 1 is 1.17 bits per heavy atom. The fourth-order valence-corrected chi connectivity index (χ4v) is 2.05. The molecule has 0 spiro atoms. The van der Waals surface area contributed by atoms with Crippen molar-refractivity contribution < 1.29 is 9.13 Å². The van der Waals surface area contributed by atoms with Gasteiger partial charge in [0.15, 0.2) is 0 Å². The lowest BCUT2D eigenvalue weighted by Crippen LogP contribution is -2.37. The van der Waals surface area contributed by atoms with Gasteiger partial charge in [-0.2, -0.15) is 0 Å². The monoisotopic (exact) mass is 295 g/mol. The van der Waals surface area contributed by atoms with Gasteiger partial charge in [0.2, 0.25) is 0 Å². The molecule has 18 heavy (non-hydrogen) atoms. The molecule has 0 bridgehead atoms. The van der Waals surface area contributed by atoms with Crippen molar-refractivity contribution in [2.45, 2.75) is 25.9 Å². The van der Waals surface area contributed by atoms with E-state index < -0.39 is 0 Å². The van der Waals surface area contributed by atoms with E-state index in [1.807, 2.05) is 0 Å². The van der Waals surface area contributed by atoms with E-state index in [0.29, 0.717) is 0 Å². The zero-order valence-electron chi connectivity index (χ0n) is 10.5. The van der Waals surface area contributed by atoms with E-state index in [4.69, 9.17) is 4.74 Å². The van der Waals surface area contributed by atoms with Crippen LogP contribution in [0.25, 0.3) is 0 Å². The molecule has 1 fully saturated rings. The standard InChI is InChI=1S/C13H18FNO.2ClH/c1-2-15-9-7-13(8-10-15)16-12-5-3-11(14)4-6-12;;/h3-6,13H,2,7-10H2,1H3;2*1H. The maximum atomic E-state index is 12.7. The van der Waals surface area contributed by atoms with E-state index >= 15 is 0 Å². The fraction of sp³-hybridized carbons (Fsp3) is 0.538. The van der Waals surface area contributed by atoms with Gasteiger partial charge in [-0.05, 0) is 43.7 Å². The minimum absolute atomic E-state index is 0. The van der Waals surface area contributed by atoms with Gasteiger partial charge in [0, 0.05) is 13.1 Å². The Hall–Kier alpha value is -0.510.